The molecule has 0 radical (unpaired) electrons. The van der Waals surface area contributed by atoms with Crippen LogP contribution in [0.3, 0.4) is 0 Å². The van der Waals surface area contributed by atoms with Gasteiger partial charge in [-0.3, -0.25) is 9.59 Å². The molecule has 6 heteroatoms. The number of fused-ring (bicyclic) bond motifs is 2. The molecule has 0 saturated heterocycles. The van der Waals surface area contributed by atoms with Crippen molar-refractivity contribution in [1.29, 1.82) is 10.5 Å². The van der Waals surface area contributed by atoms with E-state index < -0.39 is 0 Å². The van der Waals surface area contributed by atoms with Crippen LogP contribution >= 0.6 is 0 Å². The molecule has 2 aromatic carbocycles. The molecule has 2 aromatic rings. The zero-order valence-electron chi connectivity index (χ0n) is 12.3. The van der Waals surface area contributed by atoms with Gasteiger partial charge in [0.15, 0.2) is 11.6 Å². The lowest BCUT2D eigenvalue weighted by molar-refractivity contribution is 0.0980. The number of hydrogen-bond acceptors (Lipinski definition) is 6. The van der Waals surface area contributed by atoms with Crippen LogP contribution in [0.4, 0.5) is 11.4 Å². The molecule has 24 heavy (non-hydrogen) atoms. The summed E-state index contributed by atoms with van der Waals surface area (Å²) in [6.07, 6.45) is 1.18. The number of rotatable bonds is 2. The van der Waals surface area contributed by atoms with Crippen molar-refractivity contribution in [3.05, 3.63) is 70.4 Å². The molecule has 0 amide bonds. The standard InChI is InChI=1S/C18H10N4O2/c19-7-10(8-20)9-22-14-6-5-13(21)15-16(14)18(24)12-4-2-1-3-11(12)17(15)23/h1-6,9,22H,21H2. The monoisotopic (exact) mass is 314 g/mol. The smallest absolute Gasteiger partial charge is 0.196 e. The number of anilines is 2. The average molecular weight is 314 g/mol. The summed E-state index contributed by atoms with van der Waals surface area (Å²) in [7, 11) is 0. The van der Waals surface area contributed by atoms with Crippen LogP contribution in [0.15, 0.2) is 48.2 Å². The van der Waals surface area contributed by atoms with Gasteiger partial charge in [-0.25, -0.2) is 0 Å². The van der Waals surface area contributed by atoms with Gasteiger partial charge in [0.05, 0.1) is 16.8 Å². The van der Waals surface area contributed by atoms with Crippen LogP contribution in [-0.4, -0.2) is 11.6 Å². The second-order valence-electron chi connectivity index (χ2n) is 5.08. The molecule has 0 bridgehead atoms. The van der Waals surface area contributed by atoms with Crippen molar-refractivity contribution in [1.82, 2.24) is 0 Å². The number of carbonyl (C=O) groups excluding carboxylic acids is 2. The lowest BCUT2D eigenvalue weighted by atomic mass is 9.82. The molecule has 3 rings (SSSR count). The Morgan fingerprint density at radius 1 is 0.958 bits per heavy atom. The van der Waals surface area contributed by atoms with Crippen molar-refractivity contribution in [3.8, 4) is 12.1 Å². The number of benzene rings is 2. The third-order valence-corrected chi connectivity index (χ3v) is 3.72. The number of allylic oxidation sites excluding steroid dienone is 1. The third kappa shape index (κ3) is 2.20. The number of nitrogens with one attached hydrogen (secondary N) is 1. The zero-order chi connectivity index (χ0) is 17.3. The number of carbonyl (C=O) groups is 2. The first kappa shape index (κ1) is 15.0. The Kier molecular flexibility index (Phi) is 3.57. The minimum absolute atomic E-state index is 0.132. The summed E-state index contributed by atoms with van der Waals surface area (Å²) in [5.41, 5.74) is 7.15. The first-order chi connectivity index (χ1) is 11.6. The largest absolute Gasteiger partial charge is 0.398 e. The van der Waals surface area contributed by atoms with Crippen LogP contribution < -0.4 is 11.1 Å². The van der Waals surface area contributed by atoms with E-state index in [1.165, 1.54) is 18.3 Å². The Balaban J connectivity index is 2.20. The number of hydrogen-bond donors (Lipinski definition) is 2. The van der Waals surface area contributed by atoms with Gasteiger partial charge in [0.2, 0.25) is 0 Å². The summed E-state index contributed by atoms with van der Waals surface area (Å²) >= 11 is 0. The molecule has 0 unspecified atom stereocenters. The van der Waals surface area contributed by atoms with Crippen LogP contribution in [-0.2, 0) is 0 Å². The van der Waals surface area contributed by atoms with Gasteiger partial charge in [-0.1, -0.05) is 24.3 Å². The van der Waals surface area contributed by atoms with Gasteiger partial charge in [0.1, 0.15) is 17.7 Å². The van der Waals surface area contributed by atoms with E-state index in [2.05, 4.69) is 5.32 Å². The van der Waals surface area contributed by atoms with Gasteiger partial charge < -0.3 is 11.1 Å². The normalized spacial score (nSPS) is 11.6. The maximum absolute atomic E-state index is 12.8. The van der Waals surface area contributed by atoms with Crippen molar-refractivity contribution in [3.63, 3.8) is 0 Å². The molecule has 0 atom stereocenters. The van der Waals surface area contributed by atoms with Crippen LogP contribution in [0.1, 0.15) is 31.8 Å². The van der Waals surface area contributed by atoms with Crippen molar-refractivity contribution in [2.45, 2.75) is 0 Å². The van der Waals surface area contributed by atoms with Crippen LogP contribution in [0.5, 0.6) is 0 Å². The molecule has 0 aromatic heterocycles. The quantitative estimate of drug-likeness (QED) is 0.553. The number of nitrogens with two attached hydrogens (primary N) is 1. The molecule has 1 aliphatic carbocycles. The first-order valence-corrected chi connectivity index (χ1v) is 6.96. The average Bonchev–Trinajstić information content (AvgIpc) is 2.61. The van der Waals surface area contributed by atoms with Crippen LogP contribution in [0, 0.1) is 22.7 Å². The minimum atomic E-state index is -0.334. The summed E-state index contributed by atoms with van der Waals surface area (Å²) in [4.78, 5) is 25.5. The fraction of sp³-hybridized carbons (Fsp3) is 0. The Bertz CT molecular complexity index is 991. The van der Waals surface area contributed by atoms with E-state index in [4.69, 9.17) is 16.3 Å². The Morgan fingerprint density at radius 3 is 2.12 bits per heavy atom. The predicted molar refractivity (Wildman–Crippen MR) is 87.1 cm³/mol. The Morgan fingerprint density at radius 2 is 1.54 bits per heavy atom. The Labute approximate surface area is 137 Å². The first-order valence-electron chi connectivity index (χ1n) is 6.96. The highest BCUT2D eigenvalue weighted by atomic mass is 16.1. The number of nitrogens with zero attached hydrogens (tertiary/aromatic N) is 2. The van der Waals surface area contributed by atoms with E-state index in [9.17, 15) is 9.59 Å². The SMILES string of the molecule is N#CC(C#N)=CNc1ccc(N)c2c1C(=O)c1ccccc1C2=O. The molecule has 3 N–H and O–H groups in total. The van der Waals surface area contributed by atoms with Gasteiger partial charge in [0.25, 0.3) is 0 Å². The minimum Gasteiger partial charge on any atom is -0.398 e. The maximum Gasteiger partial charge on any atom is 0.196 e. The molecule has 0 aliphatic heterocycles. The molecular formula is C18H10N4O2. The summed E-state index contributed by atoms with van der Waals surface area (Å²) in [5, 5.41) is 20.3. The Hall–Kier alpha value is -3.90. The fourth-order valence-electron chi connectivity index (χ4n) is 2.61. The van der Waals surface area contributed by atoms with Crippen LogP contribution in [0.25, 0.3) is 0 Å². The van der Waals surface area contributed by atoms with E-state index in [1.54, 1.807) is 36.4 Å². The molecule has 0 fully saturated rings. The van der Waals surface area contributed by atoms with Gasteiger partial charge in [0, 0.05) is 23.0 Å². The molecule has 0 spiro atoms. The van der Waals surface area contributed by atoms with Gasteiger partial charge in [-0.15, -0.1) is 0 Å². The predicted octanol–water partition coefficient (Wildman–Crippen LogP) is 2.39. The molecule has 0 saturated carbocycles. The topological polar surface area (TPSA) is 120 Å². The number of nitriles is 2. The van der Waals surface area contributed by atoms with Gasteiger partial charge in [-0.2, -0.15) is 10.5 Å². The third-order valence-electron chi connectivity index (χ3n) is 3.72. The van der Waals surface area contributed by atoms with E-state index in [1.807, 2.05) is 0 Å². The summed E-state index contributed by atoms with van der Waals surface area (Å²) < 4.78 is 0. The lowest BCUT2D eigenvalue weighted by Crippen LogP contribution is -2.23. The van der Waals surface area contributed by atoms with Gasteiger partial charge >= 0.3 is 0 Å². The van der Waals surface area contributed by atoms with Crippen molar-refractivity contribution in [2.75, 3.05) is 11.1 Å². The summed E-state index contributed by atoms with van der Waals surface area (Å²) in [5.74, 6) is -0.662. The zero-order valence-corrected chi connectivity index (χ0v) is 12.3. The highest BCUT2D eigenvalue weighted by Crippen LogP contribution is 2.35. The van der Waals surface area contributed by atoms with E-state index >= 15 is 0 Å². The molecule has 0 heterocycles. The molecular weight excluding hydrogens is 304 g/mol. The highest BCUT2D eigenvalue weighted by Gasteiger charge is 2.33. The molecule has 1 aliphatic rings. The van der Waals surface area contributed by atoms with E-state index in [0.717, 1.165) is 0 Å². The fourth-order valence-corrected chi connectivity index (χ4v) is 2.61. The maximum atomic E-state index is 12.8. The van der Waals surface area contributed by atoms with Crippen molar-refractivity contribution >= 4 is 22.9 Å². The molecule has 6 nitrogen and oxygen atoms in total. The second kappa shape index (κ2) is 5.71. The van der Waals surface area contributed by atoms with Crippen LogP contribution in [0.2, 0.25) is 0 Å². The van der Waals surface area contributed by atoms with Gasteiger partial charge in [-0.05, 0) is 12.1 Å². The summed E-state index contributed by atoms with van der Waals surface area (Å²) in [6.45, 7) is 0. The summed E-state index contributed by atoms with van der Waals surface area (Å²) in [6, 6.07) is 13.0. The van der Waals surface area contributed by atoms with E-state index in [0.29, 0.717) is 16.8 Å². The lowest BCUT2D eigenvalue weighted by Gasteiger charge is -2.21. The van der Waals surface area contributed by atoms with E-state index in [-0.39, 0.29) is 34.0 Å². The molecule has 114 valence electrons. The van der Waals surface area contributed by atoms with Crippen molar-refractivity contribution < 1.29 is 9.59 Å². The highest BCUT2D eigenvalue weighted by molar-refractivity contribution is 6.31. The number of nitrogen functional groups attached to an aromatic ring is 1. The number of ketones is 2. The van der Waals surface area contributed by atoms with Crippen molar-refractivity contribution in [2.24, 2.45) is 0 Å². The second-order valence-corrected chi connectivity index (χ2v) is 5.08.